The van der Waals surface area contributed by atoms with E-state index in [1.807, 2.05) is 30.3 Å². The van der Waals surface area contributed by atoms with Gasteiger partial charge in [-0.3, -0.25) is 0 Å². The lowest BCUT2D eigenvalue weighted by Gasteiger charge is -2.09. The highest BCUT2D eigenvalue weighted by atomic mass is 16.5. The predicted octanol–water partition coefficient (Wildman–Crippen LogP) is -5.30. The molecule has 0 aromatic heterocycles. The van der Waals surface area contributed by atoms with Gasteiger partial charge in [-0.15, -0.1) is 0 Å². The third kappa shape index (κ3) is 64.0. The van der Waals surface area contributed by atoms with Gasteiger partial charge in [0.15, 0.2) is 0 Å². The van der Waals surface area contributed by atoms with Crippen molar-refractivity contribution in [2.75, 3.05) is 0 Å². The van der Waals surface area contributed by atoms with Crippen LogP contribution in [0.4, 0.5) is 0 Å². The molecule has 1 unspecified atom stereocenters. The van der Waals surface area contributed by atoms with Gasteiger partial charge in [0.05, 0.1) is 6.10 Å². The number of hydrogen-bond donors (Lipinski definition) is 13. The zero-order valence-electron chi connectivity index (χ0n) is 15.2. The highest BCUT2D eigenvalue weighted by Crippen LogP contribution is 2.17. The zero-order valence-corrected chi connectivity index (χ0v) is 15.2. The maximum atomic E-state index is 9.65. The summed E-state index contributed by atoms with van der Waals surface area (Å²) < 4.78 is 0. The Balaban J connectivity index is -0.000000150. The van der Waals surface area contributed by atoms with Crippen molar-refractivity contribution in [2.24, 2.45) is 0 Å². The first-order chi connectivity index (χ1) is 12.8. The summed E-state index contributed by atoms with van der Waals surface area (Å²) in [5.41, 5.74) is 1.03. The minimum atomic E-state index is -2.17. The second-order valence-corrected chi connectivity index (χ2v) is 4.45. The molecule has 17 heteroatoms. The average molecular weight is 412 g/mol. The van der Waals surface area contributed by atoms with Crippen molar-refractivity contribution in [3.63, 3.8) is 0 Å². The maximum absolute atomic E-state index is 9.65. The Kier molecular flexibility index (Phi) is 32.0. The fourth-order valence-corrected chi connectivity index (χ4v) is 1.24. The van der Waals surface area contributed by atoms with Gasteiger partial charge in [-0.25, -0.2) is 0 Å². The van der Waals surface area contributed by atoms with Gasteiger partial charge in [0.1, 0.15) is 0 Å². The molecule has 1 rings (SSSR count). The van der Waals surface area contributed by atoms with Gasteiger partial charge in [-0.2, -0.15) is 0 Å². The zero-order chi connectivity index (χ0) is 23.1. The first kappa shape index (κ1) is 34.5. The largest absolute Gasteiger partial charge is 0.631 e. The number of aliphatic hydroxyl groups excluding tert-OH is 1. The van der Waals surface area contributed by atoms with E-state index in [1.165, 1.54) is 0 Å². The number of hydrogen-bond acceptors (Lipinski definition) is 13. The van der Waals surface area contributed by atoms with E-state index < -0.39 is 29.3 Å². The Hall–Kier alpha value is -1.04. The van der Waals surface area contributed by atoms with Crippen LogP contribution in [0.5, 0.6) is 0 Å². The lowest BCUT2D eigenvalue weighted by atomic mass is 10.0. The third-order valence-electron chi connectivity index (χ3n) is 2.02. The van der Waals surface area contributed by atoms with Gasteiger partial charge < -0.3 is 65.4 Å². The first-order valence-corrected chi connectivity index (χ1v) is 7.67. The smallest absolute Gasteiger partial charge is 0.402 e. The molecule has 1 aromatic rings. The minimum absolute atomic E-state index is 0.272. The van der Waals surface area contributed by atoms with E-state index in [4.69, 9.17) is 60.3 Å². The Morgan fingerprint density at radius 3 is 1.18 bits per heavy atom. The highest BCUT2D eigenvalue weighted by molar-refractivity contribution is 6.31. The fraction of sp³-hybridized carbons (Fsp3) is 0.455. The van der Waals surface area contributed by atoms with Crippen LogP contribution in [-0.2, 0) is 0 Å². The lowest BCUT2D eigenvalue weighted by Crippen LogP contribution is -2.07. The standard InChI is InChI=1S/C11H16O.4BH3O3/c1-2-3-9-11(12)10-7-5-4-6-8-10;4*2-1(3)4/h4-8,11-12H,2-3,9H2,1H3;4*2-4H. The van der Waals surface area contributed by atoms with Gasteiger partial charge in [-0.05, 0) is 12.0 Å². The second kappa shape index (κ2) is 26.0. The van der Waals surface area contributed by atoms with Crippen molar-refractivity contribution in [1.29, 1.82) is 0 Å². The van der Waals surface area contributed by atoms with Crippen LogP contribution in [-0.4, -0.2) is 94.7 Å². The van der Waals surface area contributed by atoms with Gasteiger partial charge in [0, 0.05) is 0 Å². The molecule has 0 spiro atoms. The van der Waals surface area contributed by atoms with Crippen molar-refractivity contribution < 1.29 is 65.4 Å². The molecule has 0 saturated carbocycles. The summed E-state index contributed by atoms with van der Waals surface area (Å²) in [7, 11) is -8.67. The monoisotopic (exact) mass is 412 g/mol. The van der Waals surface area contributed by atoms with Crippen LogP contribution >= 0.6 is 0 Å². The molecule has 0 fully saturated rings. The van der Waals surface area contributed by atoms with E-state index in [2.05, 4.69) is 6.92 Å². The minimum Gasteiger partial charge on any atom is -0.402 e. The molecule has 28 heavy (non-hydrogen) atoms. The average Bonchev–Trinajstić information content (AvgIpc) is 2.51. The SMILES string of the molecule is CCCCC(O)c1ccccc1.OB(O)O.OB(O)O.OB(O)O.OB(O)O. The van der Waals surface area contributed by atoms with Gasteiger partial charge in [0.2, 0.25) is 0 Å². The van der Waals surface area contributed by atoms with Gasteiger partial charge in [0.25, 0.3) is 0 Å². The molecule has 1 atom stereocenters. The molecular weight excluding hydrogens is 383 g/mol. The van der Waals surface area contributed by atoms with Crippen LogP contribution in [0, 0.1) is 0 Å². The molecule has 162 valence electrons. The Morgan fingerprint density at radius 2 is 0.929 bits per heavy atom. The van der Waals surface area contributed by atoms with E-state index in [0.717, 1.165) is 24.8 Å². The molecule has 13 N–H and O–H groups in total. The van der Waals surface area contributed by atoms with Crippen LogP contribution < -0.4 is 0 Å². The van der Waals surface area contributed by atoms with E-state index in [-0.39, 0.29) is 6.10 Å². The van der Waals surface area contributed by atoms with Crippen LogP contribution in [0.1, 0.15) is 37.9 Å². The number of benzene rings is 1. The number of rotatable bonds is 4. The molecular formula is C11H28B4O13. The van der Waals surface area contributed by atoms with E-state index in [0.29, 0.717) is 0 Å². The molecule has 0 aliphatic carbocycles. The number of unbranched alkanes of at least 4 members (excludes halogenated alkanes) is 1. The molecule has 1 aromatic carbocycles. The summed E-state index contributed by atoms with van der Waals surface area (Å²) >= 11 is 0. The van der Waals surface area contributed by atoms with Crippen molar-refractivity contribution in [1.82, 2.24) is 0 Å². The molecule has 0 heterocycles. The predicted molar refractivity (Wildman–Crippen MR) is 101 cm³/mol. The van der Waals surface area contributed by atoms with Crippen molar-refractivity contribution >= 4 is 29.3 Å². The number of aliphatic hydroxyl groups is 1. The Bertz CT molecular complexity index is 351. The first-order valence-electron chi connectivity index (χ1n) is 7.67. The summed E-state index contributed by atoms with van der Waals surface area (Å²) in [4.78, 5) is 0. The van der Waals surface area contributed by atoms with E-state index in [1.54, 1.807) is 0 Å². The molecule has 0 amide bonds. The van der Waals surface area contributed by atoms with Crippen molar-refractivity contribution in [3.8, 4) is 0 Å². The van der Waals surface area contributed by atoms with Gasteiger partial charge in [-0.1, -0.05) is 50.1 Å². The summed E-state index contributed by atoms with van der Waals surface area (Å²) in [5, 5.41) is 95.7. The van der Waals surface area contributed by atoms with Crippen molar-refractivity contribution in [2.45, 2.75) is 32.3 Å². The fourth-order valence-electron chi connectivity index (χ4n) is 1.24. The molecule has 0 bridgehead atoms. The van der Waals surface area contributed by atoms with Crippen LogP contribution in [0.15, 0.2) is 30.3 Å². The van der Waals surface area contributed by atoms with Crippen LogP contribution in [0.2, 0.25) is 0 Å². The molecule has 0 radical (unpaired) electrons. The van der Waals surface area contributed by atoms with Crippen LogP contribution in [0.25, 0.3) is 0 Å². The normalized spacial score (nSPS) is 9.36. The summed E-state index contributed by atoms with van der Waals surface area (Å²) in [6, 6.07) is 9.84. The van der Waals surface area contributed by atoms with Crippen LogP contribution in [0.3, 0.4) is 0 Å². The van der Waals surface area contributed by atoms with E-state index in [9.17, 15) is 5.11 Å². The summed E-state index contributed by atoms with van der Waals surface area (Å²) in [6.07, 6.45) is 2.84. The molecule has 13 nitrogen and oxygen atoms in total. The topological polar surface area (TPSA) is 263 Å². The Morgan fingerprint density at radius 1 is 0.643 bits per heavy atom. The molecule has 0 aliphatic rings. The van der Waals surface area contributed by atoms with E-state index >= 15 is 0 Å². The quantitative estimate of drug-likeness (QED) is 0.207. The summed E-state index contributed by atoms with van der Waals surface area (Å²) in [5.74, 6) is 0. The maximum Gasteiger partial charge on any atom is 0.631 e. The molecule has 0 saturated heterocycles. The lowest BCUT2D eigenvalue weighted by molar-refractivity contribution is 0.164. The highest BCUT2D eigenvalue weighted by Gasteiger charge is 2.04. The molecule has 0 aliphatic heterocycles. The second-order valence-electron chi connectivity index (χ2n) is 4.45. The third-order valence-corrected chi connectivity index (χ3v) is 2.02. The Labute approximate surface area is 163 Å². The van der Waals surface area contributed by atoms with Gasteiger partial charge >= 0.3 is 29.3 Å². The van der Waals surface area contributed by atoms with Crippen molar-refractivity contribution in [3.05, 3.63) is 35.9 Å². The summed E-state index contributed by atoms with van der Waals surface area (Å²) in [6.45, 7) is 2.14.